The zero-order valence-electron chi connectivity index (χ0n) is 9.05. The summed E-state index contributed by atoms with van der Waals surface area (Å²) in [6.45, 7) is 0. The molecule has 0 aromatic heterocycles. The van der Waals surface area contributed by atoms with Gasteiger partial charge in [-0.25, -0.2) is 8.78 Å². The Morgan fingerprint density at radius 1 is 1.12 bits per heavy atom. The molecule has 3 nitrogen and oxygen atoms in total. The fourth-order valence-electron chi connectivity index (χ4n) is 2.28. The van der Waals surface area contributed by atoms with Crippen molar-refractivity contribution in [1.82, 2.24) is 0 Å². The Bertz CT molecular complexity index is 411. The Kier molecular flexibility index (Phi) is 3.42. The van der Waals surface area contributed by atoms with Crippen molar-refractivity contribution >= 4 is 0 Å². The van der Waals surface area contributed by atoms with Gasteiger partial charge in [-0.15, -0.1) is 0 Å². The summed E-state index contributed by atoms with van der Waals surface area (Å²) >= 11 is 0. The molecule has 17 heavy (non-hydrogen) atoms. The number of hydrogen-bond acceptors (Lipinski definition) is 3. The molecule has 0 spiro atoms. The zero-order valence-corrected chi connectivity index (χ0v) is 9.05. The minimum absolute atomic E-state index is 0.210. The van der Waals surface area contributed by atoms with E-state index in [4.69, 9.17) is 0 Å². The van der Waals surface area contributed by atoms with Crippen LogP contribution in [0, 0.1) is 17.6 Å². The Morgan fingerprint density at radius 2 is 1.82 bits per heavy atom. The molecule has 1 aromatic carbocycles. The van der Waals surface area contributed by atoms with E-state index in [2.05, 4.69) is 0 Å². The van der Waals surface area contributed by atoms with Crippen LogP contribution in [-0.4, -0.2) is 27.5 Å². The highest BCUT2D eigenvalue weighted by Crippen LogP contribution is 2.36. The lowest BCUT2D eigenvalue weighted by Crippen LogP contribution is -2.28. The van der Waals surface area contributed by atoms with Crippen LogP contribution in [0.25, 0.3) is 0 Å². The van der Waals surface area contributed by atoms with Crippen LogP contribution in [0.15, 0.2) is 18.2 Å². The van der Waals surface area contributed by atoms with Crippen LogP contribution in [0.5, 0.6) is 0 Å². The standard InChI is InChI=1S/C12H14F2O3/c13-8-3-1-6(5-9(8)14)11(16)7-2-4-10(15)12(7)17/h1,3,5,7,10-12,15-17H,2,4H2. The van der Waals surface area contributed by atoms with Crippen LogP contribution in [0.1, 0.15) is 24.5 Å². The molecule has 0 aliphatic heterocycles. The van der Waals surface area contributed by atoms with Gasteiger partial charge in [0.05, 0.1) is 18.3 Å². The molecule has 0 radical (unpaired) electrons. The first kappa shape index (κ1) is 12.4. The maximum atomic E-state index is 13.0. The summed E-state index contributed by atoms with van der Waals surface area (Å²) in [4.78, 5) is 0. The summed E-state index contributed by atoms with van der Waals surface area (Å²) in [5.74, 6) is -2.56. The molecule has 1 aliphatic rings. The first-order valence-corrected chi connectivity index (χ1v) is 5.50. The summed E-state index contributed by atoms with van der Waals surface area (Å²) in [5.41, 5.74) is 0.210. The lowest BCUT2D eigenvalue weighted by atomic mass is 9.92. The molecule has 0 amide bonds. The first-order chi connectivity index (χ1) is 8.00. The predicted octanol–water partition coefficient (Wildman–Crippen LogP) is 1.13. The lowest BCUT2D eigenvalue weighted by Gasteiger charge is -2.22. The molecular weight excluding hydrogens is 230 g/mol. The Hall–Kier alpha value is -1.04. The summed E-state index contributed by atoms with van der Waals surface area (Å²) in [5, 5.41) is 29.0. The van der Waals surface area contributed by atoms with Gasteiger partial charge >= 0.3 is 0 Å². The molecule has 1 aliphatic carbocycles. The van der Waals surface area contributed by atoms with Crippen LogP contribution in [0.4, 0.5) is 8.78 Å². The number of halogens is 2. The quantitative estimate of drug-likeness (QED) is 0.731. The van der Waals surface area contributed by atoms with Crippen molar-refractivity contribution in [3.8, 4) is 0 Å². The minimum Gasteiger partial charge on any atom is -0.390 e. The Morgan fingerprint density at radius 3 is 2.35 bits per heavy atom. The number of benzene rings is 1. The second-order valence-corrected chi connectivity index (χ2v) is 4.42. The van der Waals surface area contributed by atoms with Crippen LogP contribution in [-0.2, 0) is 0 Å². The van der Waals surface area contributed by atoms with Crippen molar-refractivity contribution in [3.63, 3.8) is 0 Å². The average Bonchev–Trinajstić information content (AvgIpc) is 2.63. The van der Waals surface area contributed by atoms with Crippen molar-refractivity contribution in [1.29, 1.82) is 0 Å². The third-order valence-corrected chi connectivity index (χ3v) is 3.32. The highest BCUT2D eigenvalue weighted by molar-refractivity contribution is 5.21. The normalized spacial score (nSPS) is 30.5. The van der Waals surface area contributed by atoms with E-state index in [0.29, 0.717) is 12.8 Å². The second-order valence-electron chi connectivity index (χ2n) is 4.42. The molecule has 0 saturated heterocycles. The van der Waals surface area contributed by atoms with E-state index in [1.807, 2.05) is 0 Å². The molecule has 94 valence electrons. The van der Waals surface area contributed by atoms with Crippen molar-refractivity contribution < 1.29 is 24.1 Å². The van der Waals surface area contributed by atoms with Gasteiger partial charge in [0.15, 0.2) is 11.6 Å². The summed E-state index contributed by atoms with van der Waals surface area (Å²) in [6, 6.07) is 3.13. The van der Waals surface area contributed by atoms with Crippen molar-refractivity contribution in [2.75, 3.05) is 0 Å². The van der Waals surface area contributed by atoms with Crippen LogP contribution < -0.4 is 0 Å². The smallest absolute Gasteiger partial charge is 0.159 e. The van der Waals surface area contributed by atoms with E-state index in [-0.39, 0.29) is 5.56 Å². The predicted molar refractivity (Wildman–Crippen MR) is 56.1 cm³/mol. The number of aliphatic hydroxyl groups excluding tert-OH is 3. The van der Waals surface area contributed by atoms with E-state index >= 15 is 0 Å². The van der Waals surface area contributed by atoms with Crippen LogP contribution in [0.2, 0.25) is 0 Å². The molecule has 0 heterocycles. The molecule has 5 heteroatoms. The van der Waals surface area contributed by atoms with Gasteiger partial charge in [0.2, 0.25) is 0 Å². The minimum atomic E-state index is -1.10. The molecule has 0 bridgehead atoms. The van der Waals surface area contributed by atoms with E-state index < -0.39 is 35.9 Å². The van der Waals surface area contributed by atoms with Gasteiger partial charge in [0, 0.05) is 5.92 Å². The highest BCUT2D eigenvalue weighted by Gasteiger charge is 2.38. The topological polar surface area (TPSA) is 60.7 Å². The molecule has 3 N–H and O–H groups in total. The van der Waals surface area contributed by atoms with Gasteiger partial charge in [0.25, 0.3) is 0 Å². The summed E-state index contributed by atoms with van der Waals surface area (Å²) in [6.07, 6.45) is -2.15. The molecule has 4 atom stereocenters. The number of hydrogen-bond donors (Lipinski definition) is 3. The third-order valence-electron chi connectivity index (χ3n) is 3.32. The fraction of sp³-hybridized carbons (Fsp3) is 0.500. The van der Waals surface area contributed by atoms with Gasteiger partial charge in [-0.05, 0) is 30.5 Å². The average molecular weight is 244 g/mol. The van der Waals surface area contributed by atoms with Crippen molar-refractivity contribution in [2.24, 2.45) is 5.92 Å². The number of aliphatic hydroxyl groups is 3. The lowest BCUT2D eigenvalue weighted by molar-refractivity contribution is -0.0210. The van der Waals surface area contributed by atoms with Crippen molar-refractivity contribution in [2.45, 2.75) is 31.2 Å². The van der Waals surface area contributed by atoms with Gasteiger partial charge in [-0.2, -0.15) is 0 Å². The largest absolute Gasteiger partial charge is 0.390 e. The van der Waals surface area contributed by atoms with Crippen LogP contribution >= 0.6 is 0 Å². The van der Waals surface area contributed by atoms with E-state index in [1.54, 1.807) is 0 Å². The summed E-state index contributed by atoms with van der Waals surface area (Å²) in [7, 11) is 0. The highest BCUT2D eigenvalue weighted by atomic mass is 19.2. The monoisotopic (exact) mass is 244 g/mol. The van der Waals surface area contributed by atoms with Gasteiger partial charge in [0.1, 0.15) is 0 Å². The molecule has 1 fully saturated rings. The molecule has 1 saturated carbocycles. The van der Waals surface area contributed by atoms with Crippen molar-refractivity contribution in [3.05, 3.63) is 35.4 Å². The SMILES string of the molecule is OC1CCC(C(O)c2ccc(F)c(F)c2)C1O. The van der Waals surface area contributed by atoms with E-state index in [1.165, 1.54) is 6.07 Å². The van der Waals surface area contributed by atoms with Crippen LogP contribution in [0.3, 0.4) is 0 Å². The van der Waals surface area contributed by atoms with E-state index in [0.717, 1.165) is 12.1 Å². The van der Waals surface area contributed by atoms with Gasteiger partial charge in [-0.3, -0.25) is 0 Å². The third kappa shape index (κ3) is 2.31. The Labute approximate surface area is 97.3 Å². The molecule has 1 aromatic rings. The molecule has 4 unspecified atom stereocenters. The Balaban J connectivity index is 2.19. The maximum absolute atomic E-state index is 13.0. The molecule has 2 rings (SSSR count). The molecular formula is C12H14F2O3. The van der Waals surface area contributed by atoms with Gasteiger partial charge in [-0.1, -0.05) is 6.07 Å². The zero-order chi connectivity index (χ0) is 12.6. The number of rotatable bonds is 2. The van der Waals surface area contributed by atoms with Gasteiger partial charge < -0.3 is 15.3 Å². The second kappa shape index (κ2) is 4.68. The first-order valence-electron chi connectivity index (χ1n) is 5.50. The van der Waals surface area contributed by atoms with E-state index in [9.17, 15) is 24.1 Å². The summed E-state index contributed by atoms with van der Waals surface area (Å²) < 4.78 is 25.7. The fourth-order valence-corrected chi connectivity index (χ4v) is 2.28. The maximum Gasteiger partial charge on any atom is 0.159 e.